The van der Waals surface area contributed by atoms with Crippen LogP contribution < -0.4 is 5.32 Å². The SMILES string of the molecule is CC(C)(C)OC(=O)NCCCSCCc1ccccc1. The molecule has 0 bridgehead atoms. The standard InChI is InChI=1S/C16H25NO2S/c1-16(2,3)19-15(18)17-11-7-12-20-13-10-14-8-5-4-6-9-14/h4-6,8-9H,7,10-13H2,1-3H3,(H,17,18). The van der Waals surface area contributed by atoms with Crippen LogP contribution in [0.25, 0.3) is 0 Å². The van der Waals surface area contributed by atoms with Gasteiger partial charge in [-0.2, -0.15) is 11.8 Å². The minimum atomic E-state index is -0.422. The quantitative estimate of drug-likeness (QED) is 0.776. The van der Waals surface area contributed by atoms with Crippen molar-refractivity contribution in [3.63, 3.8) is 0 Å². The topological polar surface area (TPSA) is 38.3 Å². The zero-order valence-corrected chi connectivity index (χ0v) is 13.5. The van der Waals surface area contributed by atoms with E-state index in [9.17, 15) is 4.79 Å². The van der Waals surface area contributed by atoms with E-state index in [1.165, 1.54) is 5.56 Å². The molecule has 0 saturated carbocycles. The van der Waals surface area contributed by atoms with Crippen LogP contribution in [-0.4, -0.2) is 29.7 Å². The zero-order valence-electron chi connectivity index (χ0n) is 12.6. The van der Waals surface area contributed by atoms with Crippen molar-refractivity contribution < 1.29 is 9.53 Å². The van der Waals surface area contributed by atoms with Crippen LogP contribution in [0.3, 0.4) is 0 Å². The zero-order chi connectivity index (χ0) is 14.8. The summed E-state index contributed by atoms with van der Waals surface area (Å²) in [5, 5.41) is 2.77. The molecule has 3 nitrogen and oxygen atoms in total. The molecule has 0 radical (unpaired) electrons. The van der Waals surface area contributed by atoms with Crippen molar-refractivity contribution in [2.75, 3.05) is 18.1 Å². The van der Waals surface area contributed by atoms with Gasteiger partial charge >= 0.3 is 6.09 Å². The summed E-state index contributed by atoms with van der Waals surface area (Å²) in [6.07, 6.45) is 1.75. The molecule has 1 N–H and O–H groups in total. The number of hydrogen-bond acceptors (Lipinski definition) is 3. The Morgan fingerprint density at radius 3 is 2.55 bits per heavy atom. The van der Waals surface area contributed by atoms with Gasteiger partial charge in [-0.05, 0) is 50.7 Å². The molecule has 0 aliphatic heterocycles. The number of ether oxygens (including phenoxy) is 1. The number of rotatable bonds is 7. The van der Waals surface area contributed by atoms with Crippen LogP contribution >= 0.6 is 11.8 Å². The maximum absolute atomic E-state index is 11.4. The van der Waals surface area contributed by atoms with E-state index >= 15 is 0 Å². The maximum atomic E-state index is 11.4. The van der Waals surface area contributed by atoms with Crippen molar-refractivity contribution in [2.24, 2.45) is 0 Å². The number of amides is 1. The summed E-state index contributed by atoms with van der Waals surface area (Å²) in [5.74, 6) is 2.18. The molecule has 112 valence electrons. The number of benzene rings is 1. The number of alkyl carbamates (subject to hydrolysis) is 1. The van der Waals surface area contributed by atoms with Crippen molar-refractivity contribution in [3.05, 3.63) is 35.9 Å². The van der Waals surface area contributed by atoms with Crippen LogP contribution in [0.5, 0.6) is 0 Å². The molecular formula is C16H25NO2S. The van der Waals surface area contributed by atoms with Crippen LogP contribution in [-0.2, 0) is 11.2 Å². The maximum Gasteiger partial charge on any atom is 0.407 e. The summed E-state index contributed by atoms with van der Waals surface area (Å²) in [6.45, 7) is 6.28. The van der Waals surface area contributed by atoms with Gasteiger partial charge in [0.1, 0.15) is 5.60 Å². The van der Waals surface area contributed by atoms with Crippen molar-refractivity contribution in [1.29, 1.82) is 0 Å². The second kappa shape index (κ2) is 8.90. The number of carbonyl (C=O) groups is 1. The fourth-order valence-corrected chi connectivity index (χ4v) is 2.55. The first-order valence-electron chi connectivity index (χ1n) is 7.06. The number of hydrogen-bond donors (Lipinski definition) is 1. The van der Waals surface area contributed by atoms with Gasteiger partial charge in [-0.15, -0.1) is 0 Å². The summed E-state index contributed by atoms with van der Waals surface area (Å²) in [6, 6.07) is 10.5. The van der Waals surface area contributed by atoms with Gasteiger partial charge in [0.25, 0.3) is 0 Å². The minimum Gasteiger partial charge on any atom is -0.444 e. The van der Waals surface area contributed by atoms with Gasteiger partial charge in [0.2, 0.25) is 0 Å². The Morgan fingerprint density at radius 1 is 1.20 bits per heavy atom. The van der Waals surface area contributed by atoms with Gasteiger partial charge in [0.15, 0.2) is 0 Å². The minimum absolute atomic E-state index is 0.327. The second-order valence-corrected chi connectivity index (χ2v) is 6.85. The number of carbonyl (C=O) groups excluding carboxylic acids is 1. The van der Waals surface area contributed by atoms with Gasteiger partial charge in [-0.1, -0.05) is 30.3 Å². The summed E-state index contributed by atoms with van der Waals surface area (Å²) in [5.41, 5.74) is 0.959. The van der Waals surface area contributed by atoms with Gasteiger partial charge in [0.05, 0.1) is 0 Å². The summed E-state index contributed by atoms with van der Waals surface area (Å²) in [7, 11) is 0. The average Bonchev–Trinajstić information content (AvgIpc) is 2.37. The molecule has 0 fully saturated rings. The molecule has 1 aromatic carbocycles. The highest BCUT2D eigenvalue weighted by Crippen LogP contribution is 2.08. The van der Waals surface area contributed by atoms with E-state index in [0.29, 0.717) is 6.54 Å². The lowest BCUT2D eigenvalue weighted by Crippen LogP contribution is -2.33. The smallest absolute Gasteiger partial charge is 0.407 e. The molecule has 0 saturated heterocycles. The molecule has 1 rings (SSSR count). The molecule has 0 spiro atoms. The Labute approximate surface area is 126 Å². The van der Waals surface area contributed by atoms with E-state index in [4.69, 9.17) is 4.74 Å². The lowest BCUT2D eigenvalue weighted by atomic mass is 10.2. The summed E-state index contributed by atoms with van der Waals surface area (Å²) < 4.78 is 5.17. The van der Waals surface area contributed by atoms with Crippen LogP contribution in [0.2, 0.25) is 0 Å². The highest BCUT2D eigenvalue weighted by atomic mass is 32.2. The Bertz CT molecular complexity index is 387. The molecule has 0 aromatic heterocycles. The van der Waals surface area contributed by atoms with Crippen LogP contribution in [0.1, 0.15) is 32.8 Å². The molecule has 0 atom stereocenters. The van der Waals surface area contributed by atoms with Gasteiger partial charge in [0, 0.05) is 6.54 Å². The highest BCUT2D eigenvalue weighted by molar-refractivity contribution is 7.99. The van der Waals surface area contributed by atoms with E-state index in [0.717, 1.165) is 24.3 Å². The lowest BCUT2D eigenvalue weighted by molar-refractivity contribution is 0.0528. The van der Waals surface area contributed by atoms with Crippen molar-refractivity contribution in [3.8, 4) is 0 Å². The second-order valence-electron chi connectivity index (χ2n) is 5.63. The lowest BCUT2D eigenvalue weighted by Gasteiger charge is -2.19. The van der Waals surface area contributed by atoms with Crippen molar-refractivity contribution in [1.82, 2.24) is 5.32 Å². The van der Waals surface area contributed by atoms with Crippen molar-refractivity contribution in [2.45, 2.75) is 39.2 Å². The molecule has 20 heavy (non-hydrogen) atoms. The molecule has 1 amide bonds. The highest BCUT2D eigenvalue weighted by Gasteiger charge is 2.15. The fraction of sp³-hybridized carbons (Fsp3) is 0.562. The average molecular weight is 295 g/mol. The summed E-state index contributed by atoms with van der Waals surface area (Å²) >= 11 is 1.92. The predicted molar refractivity (Wildman–Crippen MR) is 86.3 cm³/mol. The van der Waals surface area contributed by atoms with Gasteiger partial charge < -0.3 is 10.1 Å². The molecule has 0 aliphatic carbocycles. The number of thioether (sulfide) groups is 1. The molecular weight excluding hydrogens is 270 g/mol. The third-order valence-corrected chi connectivity index (χ3v) is 3.58. The van der Waals surface area contributed by atoms with Crippen LogP contribution in [0.4, 0.5) is 4.79 Å². The molecule has 0 unspecified atom stereocenters. The number of nitrogens with one attached hydrogen (secondary N) is 1. The monoisotopic (exact) mass is 295 g/mol. The fourth-order valence-electron chi connectivity index (χ4n) is 1.62. The van der Waals surface area contributed by atoms with Crippen LogP contribution in [0, 0.1) is 0 Å². The third-order valence-electron chi connectivity index (χ3n) is 2.51. The number of aryl methyl sites for hydroxylation is 1. The molecule has 0 heterocycles. The third kappa shape index (κ3) is 8.86. The molecule has 4 heteroatoms. The summed E-state index contributed by atoms with van der Waals surface area (Å²) in [4.78, 5) is 11.4. The normalized spacial score (nSPS) is 11.2. The Morgan fingerprint density at radius 2 is 1.90 bits per heavy atom. The van der Waals surface area contributed by atoms with E-state index in [1.54, 1.807) is 0 Å². The van der Waals surface area contributed by atoms with E-state index in [2.05, 4.69) is 29.6 Å². The molecule has 0 aliphatic rings. The van der Waals surface area contributed by atoms with Crippen molar-refractivity contribution >= 4 is 17.9 Å². The Balaban J connectivity index is 1.96. The van der Waals surface area contributed by atoms with E-state index in [1.807, 2.05) is 38.6 Å². The Kier molecular flexibility index (Phi) is 7.52. The first-order chi connectivity index (χ1) is 9.47. The molecule has 1 aromatic rings. The van der Waals surface area contributed by atoms with Gasteiger partial charge in [-0.3, -0.25) is 0 Å². The Hall–Kier alpha value is -1.16. The van der Waals surface area contributed by atoms with E-state index < -0.39 is 5.60 Å². The largest absolute Gasteiger partial charge is 0.444 e. The van der Waals surface area contributed by atoms with Crippen LogP contribution in [0.15, 0.2) is 30.3 Å². The van der Waals surface area contributed by atoms with E-state index in [-0.39, 0.29) is 6.09 Å². The first kappa shape index (κ1) is 16.9. The first-order valence-corrected chi connectivity index (χ1v) is 8.21. The van der Waals surface area contributed by atoms with Gasteiger partial charge in [-0.25, -0.2) is 4.79 Å². The predicted octanol–water partition coefficient (Wildman–Crippen LogP) is 3.88.